The zero-order chi connectivity index (χ0) is 14.5. The van der Waals surface area contributed by atoms with Crippen LogP contribution in [0.3, 0.4) is 0 Å². The maximum atomic E-state index is 12.1. The largest absolute Gasteiger partial charge is 0.467 e. The summed E-state index contributed by atoms with van der Waals surface area (Å²) in [4.78, 5) is 15.3. The minimum atomic E-state index is -4.51. The Morgan fingerprint density at radius 2 is 2.26 bits per heavy atom. The molecule has 19 heavy (non-hydrogen) atoms. The molecule has 0 spiro atoms. The van der Waals surface area contributed by atoms with Crippen LogP contribution in [0.25, 0.3) is 0 Å². The molecule has 1 aromatic heterocycles. The third-order valence-corrected chi connectivity index (χ3v) is 2.04. The molecule has 0 bridgehead atoms. The van der Waals surface area contributed by atoms with Crippen LogP contribution in [0.15, 0.2) is 18.3 Å². The van der Waals surface area contributed by atoms with E-state index in [1.54, 1.807) is 6.92 Å². The van der Waals surface area contributed by atoms with Gasteiger partial charge in [-0.05, 0) is 19.1 Å². The molecular weight excluding hydrogens is 265 g/mol. The first-order valence-corrected chi connectivity index (χ1v) is 5.40. The Labute approximate surface area is 107 Å². The molecule has 0 saturated carbocycles. The highest BCUT2D eigenvalue weighted by atomic mass is 19.4. The van der Waals surface area contributed by atoms with Gasteiger partial charge in [-0.2, -0.15) is 13.2 Å². The summed E-state index contributed by atoms with van der Waals surface area (Å²) in [6, 6.07) is 2.17. The molecule has 1 heterocycles. The van der Waals surface area contributed by atoms with Crippen LogP contribution in [0.2, 0.25) is 0 Å². The minimum Gasteiger partial charge on any atom is -0.467 e. The number of aromatic nitrogens is 1. The highest BCUT2D eigenvalue weighted by molar-refractivity contribution is 5.96. The van der Waals surface area contributed by atoms with Gasteiger partial charge in [0.05, 0.1) is 6.61 Å². The van der Waals surface area contributed by atoms with Crippen molar-refractivity contribution in [2.45, 2.75) is 19.1 Å². The number of alkyl halides is 3. The lowest BCUT2D eigenvalue weighted by molar-refractivity contribution is -0.154. The van der Waals surface area contributed by atoms with Crippen molar-refractivity contribution < 1.29 is 27.8 Å². The van der Waals surface area contributed by atoms with Gasteiger partial charge in [-0.25, -0.2) is 4.98 Å². The van der Waals surface area contributed by atoms with Gasteiger partial charge in [0.25, 0.3) is 5.91 Å². The van der Waals surface area contributed by atoms with Crippen LogP contribution in [-0.4, -0.2) is 41.4 Å². The van der Waals surface area contributed by atoms with Crippen molar-refractivity contribution in [2.24, 2.45) is 0 Å². The topological polar surface area (TPSA) is 71.5 Å². The number of carbonyl (C=O) groups is 1. The number of halogens is 3. The summed E-state index contributed by atoms with van der Waals surface area (Å²) in [6.07, 6.45) is -3.29. The number of carbonyl (C=O) groups excluding carboxylic acids is 1. The number of nitrogens with one attached hydrogen (secondary N) is 1. The molecular formula is C11H13F3N2O3. The fourth-order valence-corrected chi connectivity index (χ4v) is 1.18. The Morgan fingerprint density at radius 3 is 2.84 bits per heavy atom. The maximum Gasteiger partial charge on any atom is 0.422 e. The predicted molar refractivity (Wildman–Crippen MR) is 59.8 cm³/mol. The molecule has 2 N–H and O–H groups in total. The van der Waals surface area contributed by atoms with Gasteiger partial charge in [-0.1, -0.05) is 0 Å². The molecule has 0 aromatic carbocycles. The zero-order valence-corrected chi connectivity index (χ0v) is 10.1. The molecule has 0 aliphatic carbocycles. The lowest BCUT2D eigenvalue weighted by atomic mass is 10.2. The quantitative estimate of drug-likeness (QED) is 0.847. The van der Waals surface area contributed by atoms with Crippen molar-refractivity contribution in [3.63, 3.8) is 0 Å². The van der Waals surface area contributed by atoms with E-state index < -0.39 is 30.6 Å². The van der Waals surface area contributed by atoms with Crippen LogP contribution in [0.5, 0.6) is 5.88 Å². The SMILES string of the molecule is CC(CO)NC(=O)c1cccnc1OCC(F)(F)F. The Bertz CT molecular complexity index is 437. The van der Waals surface area contributed by atoms with E-state index in [0.717, 1.165) is 0 Å². The second kappa shape index (κ2) is 6.37. The molecule has 8 heteroatoms. The van der Waals surface area contributed by atoms with E-state index in [0.29, 0.717) is 0 Å². The Hall–Kier alpha value is -1.83. The molecule has 0 radical (unpaired) electrons. The van der Waals surface area contributed by atoms with Crippen LogP contribution < -0.4 is 10.1 Å². The van der Waals surface area contributed by atoms with Gasteiger partial charge in [0.15, 0.2) is 6.61 Å². The molecule has 0 aliphatic rings. The molecule has 0 aliphatic heterocycles. The van der Waals surface area contributed by atoms with Crippen molar-refractivity contribution in [1.82, 2.24) is 10.3 Å². The summed E-state index contributed by atoms with van der Waals surface area (Å²) in [6.45, 7) is -0.269. The number of aliphatic hydroxyl groups excluding tert-OH is 1. The number of aliphatic hydroxyl groups is 1. The summed E-state index contributed by atoms with van der Waals surface area (Å²) in [5.41, 5.74) is -0.118. The first-order chi connectivity index (χ1) is 8.83. The van der Waals surface area contributed by atoms with E-state index in [1.807, 2.05) is 0 Å². The molecule has 106 valence electrons. The standard InChI is InChI=1S/C11H13F3N2O3/c1-7(5-17)16-9(18)8-3-2-4-15-10(8)19-6-11(12,13)14/h2-4,7,17H,5-6H2,1H3,(H,16,18). The first-order valence-electron chi connectivity index (χ1n) is 5.40. The van der Waals surface area contributed by atoms with E-state index in [9.17, 15) is 18.0 Å². The number of amides is 1. The number of hydrogen-bond acceptors (Lipinski definition) is 4. The third-order valence-electron chi connectivity index (χ3n) is 2.04. The Morgan fingerprint density at radius 1 is 1.58 bits per heavy atom. The third kappa shape index (κ3) is 5.12. The summed E-state index contributed by atoms with van der Waals surface area (Å²) >= 11 is 0. The average molecular weight is 278 g/mol. The predicted octanol–water partition coefficient (Wildman–Crippen LogP) is 1.13. The number of nitrogens with zero attached hydrogens (tertiary/aromatic N) is 1. The van der Waals surface area contributed by atoms with Gasteiger partial charge in [-0.15, -0.1) is 0 Å². The van der Waals surface area contributed by atoms with Crippen LogP contribution in [0.4, 0.5) is 13.2 Å². The Kier molecular flexibility index (Phi) is 5.11. The number of ether oxygens (including phenoxy) is 1. The maximum absolute atomic E-state index is 12.1. The van der Waals surface area contributed by atoms with E-state index >= 15 is 0 Å². The van der Waals surface area contributed by atoms with Crippen molar-refractivity contribution in [2.75, 3.05) is 13.2 Å². The van der Waals surface area contributed by atoms with Gasteiger partial charge in [0.2, 0.25) is 5.88 Å². The smallest absolute Gasteiger partial charge is 0.422 e. The summed E-state index contributed by atoms with van der Waals surface area (Å²) in [5.74, 6) is -1.06. The second-order valence-electron chi connectivity index (χ2n) is 3.82. The summed E-state index contributed by atoms with van der Waals surface area (Å²) in [5, 5.41) is 11.2. The fraction of sp³-hybridized carbons (Fsp3) is 0.455. The minimum absolute atomic E-state index is 0.118. The second-order valence-corrected chi connectivity index (χ2v) is 3.82. The summed E-state index contributed by atoms with van der Waals surface area (Å²) in [7, 11) is 0. The number of rotatable bonds is 5. The summed E-state index contributed by atoms with van der Waals surface area (Å²) < 4.78 is 40.6. The highest BCUT2D eigenvalue weighted by Crippen LogP contribution is 2.19. The molecule has 1 aromatic rings. The monoisotopic (exact) mass is 278 g/mol. The first kappa shape index (κ1) is 15.2. The normalized spacial score (nSPS) is 12.9. The number of pyridine rings is 1. The molecule has 1 unspecified atom stereocenters. The van der Waals surface area contributed by atoms with Crippen LogP contribution >= 0.6 is 0 Å². The van der Waals surface area contributed by atoms with Crippen LogP contribution in [0, 0.1) is 0 Å². The molecule has 1 amide bonds. The van der Waals surface area contributed by atoms with Crippen molar-refractivity contribution in [3.8, 4) is 5.88 Å². The number of hydrogen-bond donors (Lipinski definition) is 2. The van der Waals surface area contributed by atoms with E-state index in [-0.39, 0.29) is 12.2 Å². The van der Waals surface area contributed by atoms with E-state index in [2.05, 4.69) is 15.0 Å². The van der Waals surface area contributed by atoms with Gasteiger partial charge in [0.1, 0.15) is 5.56 Å². The van der Waals surface area contributed by atoms with E-state index in [1.165, 1.54) is 18.3 Å². The van der Waals surface area contributed by atoms with Crippen molar-refractivity contribution >= 4 is 5.91 Å². The lowest BCUT2D eigenvalue weighted by Gasteiger charge is -2.14. The molecule has 0 fully saturated rings. The van der Waals surface area contributed by atoms with Gasteiger partial charge in [0, 0.05) is 12.2 Å². The van der Waals surface area contributed by atoms with Crippen LogP contribution in [0.1, 0.15) is 17.3 Å². The molecule has 1 rings (SSSR count). The van der Waals surface area contributed by atoms with Crippen molar-refractivity contribution in [3.05, 3.63) is 23.9 Å². The Balaban J connectivity index is 2.80. The lowest BCUT2D eigenvalue weighted by Crippen LogP contribution is -2.35. The molecule has 1 atom stereocenters. The fourth-order valence-electron chi connectivity index (χ4n) is 1.18. The van der Waals surface area contributed by atoms with Crippen molar-refractivity contribution in [1.29, 1.82) is 0 Å². The van der Waals surface area contributed by atoms with Crippen LogP contribution in [-0.2, 0) is 0 Å². The van der Waals surface area contributed by atoms with E-state index in [4.69, 9.17) is 5.11 Å². The highest BCUT2D eigenvalue weighted by Gasteiger charge is 2.29. The molecule has 0 saturated heterocycles. The van der Waals surface area contributed by atoms with Gasteiger partial charge in [-0.3, -0.25) is 4.79 Å². The average Bonchev–Trinajstić information content (AvgIpc) is 2.35. The van der Waals surface area contributed by atoms with Gasteiger partial charge < -0.3 is 15.2 Å². The zero-order valence-electron chi connectivity index (χ0n) is 10.1. The van der Waals surface area contributed by atoms with Gasteiger partial charge >= 0.3 is 6.18 Å². The molecule has 5 nitrogen and oxygen atoms in total.